The van der Waals surface area contributed by atoms with Crippen molar-refractivity contribution in [2.75, 3.05) is 0 Å². The van der Waals surface area contributed by atoms with Crippen molar-refractivity contribution in [2.24, 2.45) is 28.8 Å². The lowest BCUT2D eigenvalue weighted by Crippen LogP contribution is -2.31. The summed E-state index contributed by atoms with van der Waals surface area (Å²) < 4.78 is 23.2. The first-order valence-corrected chi connectivity index (χ1v) is 9.73. The number of carbonyl (C=O) groups excluding carboxylic acids is 1. The maximum absolute atomic E-state index is 12.4. The van der Waals surface area contributed by atoms with Gasteiger partial charge in [-0.2, -0.15) is 0 Å². The average Bonchev–Trinajstić information content (AvgIpc) is 2.81. The van der Waals surface area contributed by atoms with Crippen molar-refractivity contribution in [3.8, 4) is 0 Å². The normalized spacial score (nSPS) is 36.6. The zero-order chi connectivity index (χ0) is 14.9. The summed E-state index contributed by atoms with van der Waals surface area (Å²) in [5, 5.41) is 8.13. The largest absolute Gasteiger partial charge is 0.349 e. The minimum Gasteiger partial charge on any atom is -0.349 e. The molecule has 4 rings (SSSR count). The molecular weight excluding hydrogens is 332 g/mol. The molecule has 0 unspecified atom stereocenters. The highest BCUT2D eigenvalue weighted by Gasteiger charge is 2.65. The summed E-state index contributed by atoms with van der Waals surface area (Å²) in [7, 11) is -3.93. The van der Waals surface area contributed by atoms with Crippen molar-refractivity contribution in [1.29, 1.82) is 0 Å². The van der Waals surface area contributed by atoms with Crippen LogP contribution in [0.1, 0.15) is 29.6 Å². The minimum atomic E-state index is -3.93. The van der Waals surface area contributed by atoms with Crippen molar-refractivity contribution in [3.63, 3.8) is 0 Å². The third-order valence-corrected chi connectivity index (χ3v) is 7.95. The van der Waals surface area contributed by atoms with Crippen LogP contribution in [0.5, 0.6) is 0 Å². The van der Waals surface area contributed by atoms with Gasteiger partial charge in [-0.3, -0.25) is 4.79 Å². The van der Waals surface area contributed by atoms with Crippen LogP contribution in [0.25, 0.3) is 0 Å². The Morgan fingerprint density at radius 3 is 2.52 bits per heavy atom. The predicted octanol–water partition coefficient (Wildman–Crippen LogP) is 1.82. The molecule has 0 radical (unpaired) electrons. The van der Waals surface area contributed by atoms with Crippen LogP contribution < -0.4 is 10.5 Å². The van der Waals surface area contributed by atoms with Gasteiger partial charge in [-0.15, -0.1) is 11.3 Å². The number of primary sulfonamides is 1. The highest BCUT2D eigenvalue weighted by molar-refractivity contribution is 7.91. The summed E-state index contributed by atoms with van der Waals surface area (Å²) in [4.78, 5) is 12.4. The Labute approximate surface area is 131 Å². The van der Waals surface area contributed by atoms with E-state index in [9.17, 15) is 13.2 Å². The van der Waals surface area contributed by atoms with Crippen LogP contribution in [0.2, 0.25) is 4.34 Å². The molecule has 0 spiro atoms. The first-order valence-electron chi connectivity index (χ1n) is 6.99. The fraction of sp³-hybridized carbons (Fsp3) is 0.615. The molecule has 0 aromatic carbocycles. The van der Waals surface area contributed by atoms with Gasteiger partial charge in [0.05, 0.1) is 9.90 Å². The van der Waals surface area contributed by atoms with E-state index < -0.39 is 10.0 Å². The van der Waals surface area contributed by atoms with E-state index in [4.69, 9.17) is 16.7 Å². The quantitative estimate of drug-likeness (QED) is 0.874. The van der Waals surface area contributed by atoms with E-state index in [1.807, 2.05) is 0 Å². The Kier molecular flexibility index (Phi) is 2.96. The molecule has 2 bridgehead atoms. The molecule has 3 fully saturated rings. The highest BCUT2D eigenvalue weighted by Crippen LogP contribution is 2.65. The van der Waals surface area contributed by atoms with Crippen molar-refractivity contribution in [1.82, 2.24) is 5.32 Å². The second kappa shape index (κ2) is 4.44. The van der Waals surface area contributed by atoms with Gasteiger partial charge in [0.25, 0.3) is 5.91 Å². The van der Waals surface area contributed by atoms with Gasteiger partial charge in [-0.05, 0) is 49.0 Å². The summed E-state index contributed by atoms with van der Waals surface area (Å²) >= 11 is 6.66. The van der Waals surface area contributed by atoms with Crippen LogP contribution in [0.3, 0.4) is 0 Å². The monoisotopic (exact) mass is 346 g/mol. The molecule has 0 aliphatic heterocycles. The number of fused-ring (bicyclic) bond motifs is 5. The zero-order valence-corrected chi connectivity index (χ0v) is 13.5. The molecule has 1 aromatic heterocycles. The van der Waals surface area contributed by atoms with Gasteiger partial charge in [0.2, 0.25) is 10.0 Å². The maximum atomic E-state index is 12.4. The molecule has 114 valence electrons. The van der Waals surface area contributed by atoms with E-state index in [1.165, 1.54) is 25.3 Å². The standard InChI is InChI=1S/C13H15ClN2O3S2/c14-8-4-7(13(20-8)21(15,18)19)12(17)16-11-9-5-1-2-6(3-5)10(9)11/h4-6,9-11H,1-3H2,(H,16,17)(H2,15,18,19)/t5-,6-,9-,10-/m0/s1. The maximum Gasteiger partial charge on any atom is 0.253 e. The Morgan fingerprint density at radius 2 is 1.95 bits per heavy atom. The van der Waals surface area contributed by atoms with Crippen molar-refractivity contribution in [2.45, 2.75) is 29.5 Å². The molecule has 3 aliphatic carbocycles. The molecule has 8 heteroatoms. The second-order valence-electron chi connectivity index (χ2n) is 6.28. The van der Waals surface area contributed by atoms with E-state index in [0.717, 1.165) is 23.2 Å². The van der Waals surface area contributed by atoms with Crippen LogP contribution in [0, 0.1) is 23.7 Å². The fourth-order valence-corrected chi connectivity index (χ4v) is 6.75. The molecule has 1 aromatic rings. The van der Waals surface area contributed by atoms with Gasteiger partial charge in [0, 0.05) is 6.04 Å². The molecule has 1 amide bonds. The van der Waals surface area contributed by atoms with Crippen molar-refractivity contribution in [3.05, 3.63) is 16.0 Å². The van der Waals surface area contributed by atoms with Crippen LogP contribution in [-0.4, -0.2) is 20.4 Å². The third kappa shape index (κ3) is 2.13. The Balaban J connectivity index is 1.55. The summed E-state index contributed by atoms with van der Waals surface area (Å²) in [6.07, 6.45) is 3.84. The number of amides is 1. The number of halogens is 1. The van der Waals surface area contributed by atoms with Gasteiger partial charge in [-0.25, -0.2) is 13.6 Å². The zero-order valence-electron chi connectivity index (χ0n) is 11.1. The number of hydrogen-bond donors (Lipinski definition) is 2. The molecule has 21 heavy (non-hydrogen) atoms. The summed E-state index contributed by atoms with van der Waals surface area (Å²) in [6, 6.07) is 1.59. The average molecular weight is 347 g/mol. The number of nitrogens with two attached hydrogens (primary N) is 1. The Hall–Kier alpha value is -0.630. The molecule has 3 saturated carbocycles. The minimum absolute atomic E-state index is 0.0739. The number of thiophene rings is 1. The van der Waals surface area contributed by atoms with Gasteiger partial charge in [0.1, 0.15) is 4.21 Å². The number of carbonyl (C=O) groups is 1. The highest BCUT2D eigenvalue weighted by atomic mass is 35.5. The lowest BCUT2D eigenvalue weighted by molar-refractivity contribution is 0.0942. The predicted molar refractivity (Wildman–Crippen MR) is 79.8 cm³/mol. The van der Waals surface area contributed by atoms with E-state index >= 15 is 0 Å². The van der Waals surface area contributed by atoms with Gasteiger partial charge >= 0.3 is 0 Å². The van der Waals surface area contributed by atoms with Gasteiger partial charge < -0.3 is 5.32 Å². The van der Waals surface area contributed by atoms with Gasteiger partial charge in [-0.1, -0.05) is 11.6 Å². The molecule has 5 nitrogen and oxygen atoms in total. The lowest BCUT2D eigenvalue weighted by atomic mass is 10.0. The van der Waals surface area contributed by atoms with E-state index in [-0.39, 0.29) is 26.1 Å². The first kappa shape index (κ1) is 14.0. The van der Waals surface area contributed by atoms with E-state index in [2.05, 4.69) is 5.32 Å². The van der Waals surface area contributed by atoms with Crippen molar-refractivity contribution < 1.29 is 13.2 Å². The number of hydrogen-bond acceptors (Lipinski definition) is 4. The summed E-state index contributed by atoms with van der Waals surface area (Å²) in [5.41, 5.74) is 0.0739. The molecular formula is C13H15ClN2O3S2. The Morgan fingerprint density at radius 1 is 1.33 bits per heavy atom. The fourth-order valence-electron chi connectivity index (χ4n) is 4.46. The SMILES string of the molecule is NS(=O)(=O)c1sc(Cl)cc1C(=O)NC1[C@H]2[C@H]3CC[C@@H](C3)[C@H]12. The lowest BCUT2D eigenvalue weighted by Gasteiger charge is -2.10. The first-order chi connectivity index (χ1) is 9.86. The van der Waals surface area contributed by atoms with Crippen molar-refractivity contribution >= 4 is 38.9 Å². The molecule has 3 aliphatic rings. The van der Waals surface area contributed by atoms with Crippen LogP contribution in [-0.2, 0) is 10.0 Å². The molecule has 4 atom stereocenters. The molecule has 1 heterocycles. The van der Waals surface area contributed by atoms with E-state index in [1.54, 1.807) is 0 Å². The van der Waals surface area contributed by atoms with Crippen LogP contribution in [0.15, 0.2) is 10.3 Å². The van der Waals surface area contributed by atoms with Gasteiger partial charge in [0.15, 0.2) is 0 Å². The number of sulfonamides is 1. The number of rotatable bonds is 3. The Bertz CT molecular complexity index is 714. The second-order valence-corrected chi connectivity index (χ2v) is 9.72. The molecule has 0 saturated heterocycles. The smallest absolute Gasteiger partial charge is 0.253 e. The third-order valence-electron chi connectivity index (χ3n) is 5.20. The summed E-state index contributed by atoms with van der Waals surface area (Å²) in [5.74, 6) is 2.31. The molecule has 3 N–H and O–H groups in total. The summed E-state index contributed by atoms with van der Waals surface area (Å²) in [6.45, 7) is 0. The van der Waals surface area contributed by atoms with E-state index in [0.29, 0.717) is 11.8 Å². The van der Waals surface area contributed by atoms with Crippen LogP contribution in [0.4, 0.5) is 0 Å². The topological polar surface area (TPSA) is 89.3 Å². The van der Waals surface area contributed by atoms with Crippen LogP contribution >= 0.6 is 22.9 Å². The number of nitrogens with one attached hydrogen (secondary N) is 1.